The number of anilines is 1. The van der Waals surface area contributed by atoms with Crippen molar-refractivity contribution in [3.8, 4) is 22.3 Å². The van der Waals surface area contributed by atoms with Crippen molar-refractivity contribution in [1.82, 2.24) is 4.98 Å². The quantitative estimate of drug-likeness (QED) is 0.334. The number of carbonyl (C=O) groups is 2. The highest BCUT2D eigenvalue weighted by atomic mass is 32.1. The van der Waals surface area contributed by atoms with Crippen molar-refractivity contribution < 1.29 is 28.2 Å². The minimum Gasteiger partial charge on any atom is -0.493 e. The fourth-order valence-electron chi connectivity index (χ4n) is 3.02. The summed E-state index contributed by atoms with van der Waals surface area (Å²) in [6.45, 7) is 1.67. The average Bonchev–Trinajstić information content (AvgIpc) is 3.59. The van der Waals surface area contributed by atoms with Crippen molar-refractivity contribution in [2.75, 3.05) is 19.5 Å². The summed E-state index contributed by atoms with van der Waals surface area (Å²) in [5.41, 5.74) is 0.876. The Balaban J connectivity index is 1.57. The lowest BCUT2D eigenvalue weighted by Gasteiger charge is -2.15. The number of aromatic nitrogens is 1. The molecule has 8 nitrogen and oxygen atoms in total. The predicted molar refractivity (Wildman–Crippen MR) is 125 cm³/mol. The van der Waals surface area contributed by atoms with Crippen LogP contribution in [0.3, 0.4) is 0 Å². The van der Waals surface area contributed by atoms with Gasteiger partial charge in [-0.1, -0.05) is 12.1 Å². The summed E-state index contributed by atoms with van der Waals surface area (Å²) in [6.07, 6.45) is 0. The van der Waals surface area contributed by atoms with E-state index in [1.165, 1.54) is 49.0 Å². The zero-order chi connectivity index (χ0) is 23.4. The van der Waals surface area contributed by atoms with Gasteiger partial charge in [0.2, 0.25) is 5.89 Å². The van der Waals surface area contributed by atoms with Gasteiger partial charge in [-0.2, -0.15) is 0 Å². The van der Waals surface area contributed by atoms with Gasteiger partial charge in [0, 0.05) is 12.1 Å². The molecule has 1 N–H and O–H groups in total. The van der Waals surface area contributed by atoms with Gasteiger partial charge in [-0.05, 0) is 29.8 Å². The fraction of sp³-hybridized carbons (Fsp3) is 0.174. The van der Waals surface area contributed by atoms with E-state index in [4.69, 9.17) is 18.6 Å². The predicted octanol–water partition coefficient (Wildman–Crippen LogP) is 5.40. The Bertz CT molecular complexity index is 1260. The lowest BCUT2D eigenvalue weighted by Crippen LogP contribution is -2.15. The zero-order valence-electron chi connectivity index (χ0n) is 18.0. The van der Waals surface area contributed by atoms with Crippen LogP contribution in [-0.2, 0) is 11.3 Å². The van der Waals surface area contributed by atoms with Crippen molar-refractivity contribution in [3.05, 3.63) is 69.1 Å². The summed E-state index contributed by atoms with van der Waals surface area (Å²) in [5.74, 6) is 0.727. The van der Waals surface area contributed by atoms with E-state index in [9.17, 15) is 9.59 Å². The van der Waals surface area contributed by atoms with E-state index in [2.05, 4.69) is 10.3 Å². The number of nitrogens with one attached hydrogen (secondary N) is 1. The van der Waals surface area contributed by atoms with Crippen LogP contribution in [0.5, 0.6) is 11.5 Å². The highest BCUT2D eigenvalue weighted by Crippen LogP contribution is 2.34. The molecule has 170 valence electrons. The van der Waals surface area contributed by atoms with Crippen LogP contribution in [0.15, 0.2) is 51.6 Å². The fourth-order valence-corrected chi connectivity index (χ4v) is 4.29. The number of hydrogen-bond donors (Lipinski definition) is 1. The van der Waals surface area contributed by atoms with Gasteiger partial charge in [0.25, 0.3) is 5.91 Å². The molecule has 0 saturated carbocycles. The number of ether oxygens (including phenoxy) is 3. The number of nitrogens with zero attached hydrogens (tertiary/aromatic N) is 1. The summed E-state index contributed by atoms with van der Waals surface area (Å²) in [7, 11) is 2.93. The van der Waals surface area contributed by atoms with Crippen LogP contribution in [0.4, 0.5) is 5.69 Å². The standard InChI is InChI=1S/C23H20N2O6S2/c1-13-16(25-22(31-13)20-7-5-9-33-20)12-30-23(27)14-10-17(28-2)18(29-3)11-15(14)24-21(26)19-6-4-8-32-19/h4-11H,12H2,1-3H3,(H,24,26). The topological polar surface area (TPSA) is 99.9 Å². The van der Waals surface area contributed by atoms with Gasteiger partial charge < -0.3 is 23.9 Å². The summed E-state index contributed by atoms with van der Waals surface area (Å²) in [6, 6.07) is 10.3. The van der Waals surface area contributed by atoms with E-state index in [1.54, 1.807) is 24.4 Å². The number of thiophene rings is 2. The van der Waals surface area contributed by atoms with E-state index in [-0.39, 0.29) is 23.8 Å². The second kappa shape index (κ2) is 9.88. The summed E-state index contributed by atoms with van der Waals surface area (Å²) in [5, 5.41) is 6.48. The number of esters is 1. The molecule has 0 fully saturated rings. The highest BCUT2D eigenvalue weighted by molar-refractivity contribution is 7.13. The minimum absolute atomic E-state index is 0.0911. The molecule has 0 aliphatic rings. The first-order valence-electron chi connectivity index (χ1n) is 9.78. The van der Waals surface area contributed by atoms with E-state index in [1.807, 2.05) is 17.5 Å². The Morgan fingerprint density at radius 2 is 1.79 bits per heavy atom. The molecule has 33 heavy (non-hydrogen) atoms. The number of amides is 1. The molecule has 3 heterocycles. The molecule has 1 amide bonds. The van der Waals surface area contributed by atoms with Gasteiger partial charge in [0.1, 0.15) is 18.1 Å². The molecule has 0 radical (unpaired) electrons. The molecule has 0 atom stereocenters. The van der Waals surface area contributed by atoms with Gasteiger partial charge in [-0.15, -0.1) is 22.7 Å². The number of oxazole rings is 1. The molecule has 10 heteroatoms. The van der Waals surface area contributed by atoms with Crippen LogP contribution in [0.2, 0.25) is 0 Å². The third-order valence-corrected chi connectivity index (χ3v) is 6.43. The first-order valence-corrected chi connectivity index (χ1v) is 11.5. The molecule has 0 saturated heterocycles. The Kier molecular flexibility index (Phi) is 6.76. The summed E-state index contributed by atoms with van der Waals surface area (Å²) < 4.78 is 21.8. The van der Waals surface area contributed by atoms with Crippen LogP contribution in [0.25, 0.3) is 10.8 Å². The number of aryl methyl sites for hydroxylation is 1. The van der Waals surface area contributed by atoms with Crippen molar-refractivity contribution >= 4 is 40.2 Å². The van der Waals surface area contributed by atoms with Gasteiger partial charge in [-0.3, -0.25) is 4.79 Å². The number of benzene rings is 1. The monoisotopic (exact) mass is 484 g/mol. The minimum atomic E-state index is -0.655. The van der Waals surface area contributed by atoms with E-state index < -0.39 is 5.97 Å². The molecule has 0 spiro atoms. The van der Waals surface area contributed by atoms with Crippen molar-refractivity contribution in [3.63, 3.8) is 0 Å². The van der Waals surface area contributed by atoms with Crippen molar-refractivity contribution in [1.29, 1.82) is 0 Å². The number of rotatable bonds is 8. The van der Waals surface area contributed by atoms with Gasteiger partial charge >= 0.3 is 5.97 Å². The smallest absolute Gasteiger partial charge is 0.340 e. The normalized spacial score (nSPS) is 10.6. The van der Waals surface area contributed by atoms with E-state index >= 15 is 0 Å². The van der Waals surface area contributed by atoms with Crippen LogP contribution in [-0.4, -0.2) is 31.1 Å². The third kappa shape index (κ3) is 4.91. The van der Waals surface area contributed by atoms with E-state index in [0.717, 1.165) is 4.88 Å². The first-order chi connectivity index (χ1) is 16.0. The molecule has 0 aliphatic carbocycles. The number of carbonyl (C=O) groups excluding carboxylic acids is 2. The maximum atomic E-state index is 13.0. The molecule has 0 unspecified atom stereocenters. The van der Waals surface area contributed by atoms with Crippen molar-refractivity contribution in [2.24, 2.45) is 0 Å². The Labute approximate surface area is 197 Å². The molecular weight excluding hydrogens is 464 g/mol. The molecule has 1 aromatic carbocycles. The van der Waals surface area contributed by atoms with Crippen LogP contribution in [0, 0.1) is 6.92 Å². The molecule has 0 aliphatic heterocycles. The van der Waals surface area contributed by atoms with Crippen LogP contribution in [0.1, 0.15) is 31.5 Å². The SMILES string of the molecule is COc1cc(NC(=O)c2cccs2)c(C(=O)OCc2nc(-c3cccs3)oc2C)cc1OC. The van der Waals surface area contributed by atoms with Gasteiger partial charge in [-0.25, -0.2) is 9.78 Å². The zero-order valence-corrected chi connectivity index (χ0v) is 19.7. The largest absolute Gasteiger partial charge is 0.493 e. The maximum Gasteiger partial charge on any atom is 0.340 e. The summed E-state index contributed by atoms with van der Waals surface area (Å²) >= 11 is 2.79. The lowest BCUT2D eigenvalue weighted by molar-refractivity contribution is 0.0467. The second-order valence-corrected chi connectivity index (χ2v) is 8.65. The van der Waals surface area contributed by atoms with Crippen molar-refractivity contribution in [2.45, 2.75) is 13.5 Å². The van der Waals surface area contributed by atoms with Crippen LogP contribution < -0.4 is 14.8 Å². The lowest BCUT2D eigenvalue weighted by atomic mass is 10.1. The van der Waals surface area contributed by atoms with E-state index in [0.29, 0.717) is 33.7 Å². The third-order valence-electron chi connectivity index (χ3n) is 4.70. The van der Waals surface area contributed by atoms with Gasteiger partial charge in [0.15, 0.2) is 11.5 Å². The summed E-state index contributed by atoms with van der Waals surface area (Å²) in [4.78, 5) is 31.4. The molecular formula is C23H20N2O6S2. The molecule has 4 aromatic rings. The number of hydrogen-bond acceptors (Lipinski definition) is 9. The maximum absolute atomic E-state index is 13.0. The molecule has 0 bridgehead atoms. The molecule has 3 aromatic heterocycles. The van der Waals surface area contributed by atoms with Crippen LogP contribution >= 0.6 is 22.7 Å². The Morgan fingerprint density at radius 1 is 1.06 bits per heavy atom. The molecule has 4 rings (SSSR count). The first kappa shape index (κ1) is 22.6. The average molecular weight is 485 g/mol. The highest BCUT2D eigenvalue weighted by Gasteiger charge is 2.22. The number of methoxy groups -OCH3 is 2. The Morgan fingerprint density at radius 3 is 2.45 bits per heavy atom. The second-order valence-electron chi connectivity index (χ2n) is 6.76. The Hall–Kier alpha value is -3.63. The van der Waals surface area contributed by atoms with Gasteiger partial charge in [0.05, 0.1) is 35.2 Å².